The molecule has 2 N–H and O–H groups in total. The Kier molecular flexibility index (Phi) is 4.97. The highest BCUT2D eigenvalue weighted by atomic mass is 16.5. The van der Waals surface area contributed by atoms with Crippen molar-refractivity contribution in [3.8, 4) is 0 Å². The quantitative estimate of drug-likeness (QED) is 0.774. The van der Waals surface area contributed by atoms with Gasteiger partial charge in [0.25, 0.3) is 0 Å². The fourth-order valence-electron chi connectivity index (χ4n) is 2.74. The Morgan fingerprint density at radius 2 is 2.17 bits per heavy atom. The largest absolute Gasteiger partial charge is 0.377 e. The first kappa shape index (κ1) is 13.8. The van der Waals surface area contributed by atoms with Gasteiger partial charge in [-0.3, -0.25) is 9.69 Å². The van der Waals surface area contributed by atoms with E-state index in [0.717, 1.165) is 45.8 Å². The molecule has 5 nitrogen and oxygen atoms in total. The predicted octanol–water partition coefficient (Wildman–Crippen LogP) is 0.0469. The molecule has 1 amide bonds. The summed E-state index contributed by atoms with van der Waals surface area (Å²) in [5.74, 6) is 0.0777. The van der Waals surface area contributed by atoms with Crippen molar-refractivity contribution >= 4 is 5.91 Å². The summed E-state index contributed by atoms with van der Waals surface area (Å²) >= 11 is 0. The van der Waals surface area contributed by atoms with E-state index >= 15 is 0 Å². The van der Waals surface area contributed by atoms with Crippen LogP contribution in [-0.4, -0.2) is 67.2 Å². The molecule has 0 aliphatic carbocycles. The third-order valence-electron chi connectivity index (χ3n) is 3.78. The Bertz CT molecular complexity index is 277. The van der Waals surface area contributed by atoms with E-state index in [0.29, 0.717) is 6.10 Å². The van der Waals surface area contributed by atoms with E-state index in [4.69, 9.17) is 10.5 Å². The van der Waals surface area contributed by atoms with Gasteiger partial charge in [0.15, 0.2) is 0 Å². The maximum absolute atomic E-state index is 11.9. The second kappa shape index (κ2) is 6.50. The standard InChI is InChI=1S/C13H25N3O2/c1-11(14)13(17)16-6-3-5-15(7-8-16)10-12-4-2-9-18-12/h11-12H,2-10,14H2,1H3/t11-,12?/m1/s1. The topological polar surface area (TPSA) is 58.8 Å². The molecule has 0 aromatic heterocycles. The summed E-state index contributed by atoms with van der Waals surface area (Å²) in [6.07, 6.45) is 3.80. The highest BCUT2D eigenvalue weighted by Gasteiger charge is 2.24. The van der Waals surface area contributed by atoms with Crippen LogP contribution in [0.3, 0.4) is 0 Å². The van der Waals surface area contributed by atoms with Crippen LogP contribution in [0.4, 0.5) is 0 Å². The van der Waals surface area contributed by atoms with Gasteiger partial charge in [-0.2, -0.15) is 0 Å². The van der Waals surface area contributed by atoms with Crippen LogP contribution in [0.25, 0.3) is 0 Å². The predicted molar refractivity (Wildman–Crippen MR) is 70.3 cm³/mol. The maximum atomic E-state index is 11.9. The van der Waals surface area contributed by atoms with Crippen molar-refractivity contribution in [3.05, 3.63) is 0 Å². The molecule has 2 atom stereocenters. The fraction of sp³-hybridized carbons (Fsp3) is 0.923. The molecule has 104 valence electrons. The van der Waals surface area contributed by atoms with Crippen LogP contribution in [0.2, 0.25) is 0 Å². The van der Waals surface area contributed by atoms with Gasteiger partial charge >= 0.3 is 0 Å². The molecule has 18 heavy (non-hydrogen) atoms. The van der Waals surface area contributed by atoms with Gasteiger partial charge in [0.1, 0.15) is 0 Å². The highest BCUT2D eigenvalue weighted by molar-refractivity contribution is 5.81. The molecule has 2 fully saturated rings. The van der Waals surface area contributed by atoms with E-state index in [1.165, 1.54) is 12.8 Å². The van der Waals surface area contributed by atoms with E-state index in [2.05, 4.69) is 4.90 Å². The second-order valence-electron chi connectivity index (χ2n) is 5.40. The summed E-state index contributed by atoms with van der Waals surface area (Å²) in [6, 6.07) is -0.380. The van der Waals surface area contributed by atoms with Crippen molar-refractivity contribution in [1.82, 2.24) is 9.80 Å². The Labute approximate surface area is 109 Å². The zero-order valence-electron chi connectivity index (χ0n) is 11.3. The average Bonchev–Trinajstić information content (AvgIpc) is 2.73. The summed E-state index contributed by atoms with van der Waals surface area (Å²) in [5, 5.41) is 0. The van der Waals surface area contributed by atoms with Crippen LogP contribution in [0.15, 0.2) is 0 Å². The van der Waals surface area contributed by atoms with Crippen molar-refractivity contribution in [3.63, 3.8) is 0 Å². The molecule has 0 aromatic carbocycles. The Hall–Kier alpha value is -0.650. The van der Waals surface area contributed by atoms with Crippen LogP contribution in [0.1, 0.15) is 26.2 Å². The number of nitrogens with two attached hydrogens (primary N) is 1. The van der Waals surface area contributed by atoms with Gasteiger partial charge in [-0.15, -0.1) is 0 Å². The van der Waals surface area contributed by atoms with Gasteiger partial charge < -0.3 is 15.4 Å². The Morgan fingerprint density at radius 1 is 1.33 bits per heavy atom. The minimum atomic E-state index is -0.380. The van der Waals surface area contributed by atoms with Crippen LogP contribution < -0.4 is 5.73 Å². The number of carbonyl (C=O) groups excluding carboxylic acids is 1. The first-order valence-corrected chi connectivity index (χ1v) is 7.05. The third kappa shape index (κ3) is 3.67. The number of nitrogens with zero attached hydrogens (tertiary/aromatic N) is 2. The molecule has 0 spiro atoms. The van der Waals surface area contributed by atoms with Crippen LogP contribution in [0, 0.1) is 0 Å². The number of hydrogen-bond donors (Lipinski definition) is 1. The fourth-order valence-corrected chi connectivity index (χ4v) is 2.74. The molecule has 0 aromatic rings. The van der Waals surface area contributed by atoms with E-state index in [-0.39, 0.29) is 11.9 Å². The van der Waals surface area contributed by atoms with E-state index in [1.54, 1.807) is 6.92 Å². The number of hydrogen-bond acceptors (Lipinski definition) is 4. The molecule has 2 saturated heterocycles. The zero-order chi connectivity index (χ0) is 13.0. The average molecular weight is 255 g/mol. The van der Waals surface area contributed by atoms with Gasteiger partial charge in [-0.1, -0.05) is 0 Å². The summed E-state index contributed by atoms with van der Waals surface area (Å²) in [7, 11) is 0. The highest BCUT2D eigenvalue weighted by Crippen LogP contribution is 2.14. The molecular weight excluding hydrogens is 230 g/mol. The molecule has 2 aliphatic rings. The van der Waals surface area contributed by atoms with Crippen LogP contribution >= 0.6 is 0 Å². The van der Waals surface area contributed by atoms with Crippen molar-refractivity contribution in [2.75, 3.05) is 39.3 Å². The molecular formula is C13H25N3O2. The monoisotopic (exact) mass is 255 g/mol. The SMILES string of the molecule is C[C@@H](N)C(=O)N1CCCN(CC2CCCO2)CC1. The van der Waals surface area contributed by atoms with E-state index in [9.17, 15) is 4.79 Å². The van der Waals surface area contributed by atoms with Crippen molar-refractivity contribution in [2.45, 2.75) is 38.3 Å². The third-order valence-corrected chi connectivity index (χ3v) is 3.78. The van der Waals surface area contributed by atoms with Crippen LogP contribution in [-0.2, 0) is 9.53 Å². The van der Waals surface area contributed by atoms with E-state index < -0.39 is 0 Å². The first-order chi connectivity index (χ1) is 8.66. The zero-order valence-corrected chi connectivity index (χ0v) is 11.3. The molecule has 2 aliphatic heterocycles. The maximum Gasteiger partial charge on any atom is 0.239 e. The summed E-state index contributed by atoms with van der Waals surface area (Å²) < 4.78 is 5.67. The lowest BCUT2D eigenvalue weighted by Crippen LogP contribution is -2.44. The summed E-state index contributed by atoms with van der Waals surface area (Å²) in [4.78, 5) is 16.2. The van der Waals surface area contributed by atoms with Gasteiger partial charge in [0.05, 0.1) is 12.1 Å². The van der Waals surface area contributed by atoms with Gasteiger partial charge in [-0.05, 0) is 32.7 Å². The minimum absolute atomic E-state index is 0.0777. The number of ether oxygens (including phenoxy) is 1. The van der Waals surface area contributed by atoms with Gasteiger partial charge in [0, 0.05) is 32.8 Å². The molecule has 2 heterocycles. The van der Waals surface area contributed by atoms with Gasteiger partial charge in [0.2, 0.25) is 5.91 Å². The van der Waals surface area contributed by atoms with E-state index in [1.807, 2.05) is 4.90 Å². The second-order valence-corrected chi connectivity index (χ2v) is 5.40. The molecule has 2 rings (SSSR count). The van der Waals surface area contributed by atoms with Crippen molar-refractivity contribution < 1.29 is 9.53 Å². The summed E-state index contributed by atoms with van der Waals surface area (Å²) in [5.41, 5.74) is 5.66. The Balaban J connectivity index is 1.78. The molecule has 5 heteroatoms. The Morgan fingerprint density at radius 3 is 2.83 bits per heavy atom. The van der Waals surface area contributed by atoms with Crippen molar-refractivity contribution in [2.24, 2.45) is 5.73 Å². The number of carbonyl (C=O) groups is 1. The normalized spacial score (nSPS) is 28.1. The lowest BCUT2D eigenvalue weighted by atomic mass is 10.2. The minimum Gasteiger partial charge on any atom is -0.377 e. The summed E-state index contributed by atoms with van der Waals surface area (Å²) in [6.45, 7) is 7.32. The molecule has 0 radical (unpaired) electrons. The number of amides is 1. The molecule has 0 saturated carbocycles. The number of rotatable bonds is 3. The first-order valence-electron chi connectivity index (χ1n) is 7.05. The lowest BCUT2D eigenvalue weighted by Gasteiger charge is -2.24. The molecule has 0 bridgehead atoms. The molecule has 1 unspecified atom stereocenters. The van der Waals surface area contributed by atoms with Gasteiger partial charge in [-0.25, -0.2) is 0 Å². The van der Waals surface area contributed by atoms with Crippen LogP contribution in [0.5, 0.6) is 0 Å². The smallest absolute Gasteiger partial charge is 0.239 e. The lowest BCUT2D eigenvalue weighted by molar-refractivity contribution is -0.132. The van der Waals surface area contributed by atoms with Crippen molar-refractivity contribution in [1.29, 1.82) is 0 Å².